The van der Waals surface area contributed by atoms with E-state index in [-0.39, 0.29) is 11.9 Å². The van der Waals surface area contributed by atoms with Crippen LogP contribution >= 0.6 is 0 Å². The third-order valence-electron chi connectivity index (χ3n) is 3.20. The van der Waals surface area contributed by atoms with Crippen molar-refractivity contribution in [2.75, 3.05) is 23.7 Å². The Balaban J connectivity index is 2.81. The summed E-state index contributed by atoms with van der Waals surface area (Å²) in [6, 6.07) is 7.50. The molecule has 0 aliphatic heterocycles. The molecule has 1 aromatic rings. The maximum absolute atomic E-state index is 12.2. The number of nitrogen functional groups attached to an aromatic ring is 1. The molecule has 0 bridgehead atoms. The fraction of sp³-hybridized carbons (Fsp3) is 0.562. The van der Waals surface area contributed by atoms with E-state index in [4.69, 9.17) is 5.73 Å². The number of hydrogen-bond donors (Lipinski definition) is 2. The minimum absolute atomic E-state index is 0.0644. The van der Waals surface area contributed by atoms with Crippen molar-refractivity contribution in [3.63, 3.8) is 0 Å². The lowest BCUT2D eigenvalue weighted by molar-refractivity contribution is -0.122. The smallest absolute Gasteiger partial charge is 0.242 e. The van der Waals surface area contributed by atoms with E-state index >= 15 is 0 Å². The second kappa shape index (κ2) is 7.78. The van der Waals surface area contributed by atoms with E-state index in [1.54, 1.807) is 0 Å². The van der Waals surface area contributed by atoms with Gasteiger partial charge in [-0.05, 0) is 37.5 Å². The van der Waals surface area contributed by atoms with Gasteiger partial charge in [0.2, 0.25) is 5.91 Å². The zero-order valence-corrected chi connectivity index (χ0v) is 13.0. The number of carbonyl (C=O) groups is 1. The summed E-state index contributed by atoms with van der Waals surface area (Å²) in [6.07, 6.45) is 0.983. The zero-order valence-electron chi connectivity index (χ0n) is 13.0. The zero-order chi connectivity index (χ0) is 15.1. The number of nitrogens with one attached hydrogen (secondary N) is 1. The average Bonchev–Trinajstić information content (AvgIpc) is 2.41. The van der Waals surface area contributed by atoms with Gasteiger partial charge in [-0.15, -0.1) is 0 Å². The molecule has 20 heavy (non-hydrogen) atoms. The summed E-state index contributed by atoms with van der Waals surface area (Å²) in [7, 11) is 0. The van der Waals surface area contributed by atoms with Crippen molar-refractivity contribution in [1.29, 1.82) is 0 Å². The summed E-state index contributed by atoms with van der Waals surface area (Å²) in [5.41, 5.74) is 7.56. The topological polar surface area (TPSA) is 58.4 Å². The van der Waals surface area contributed by atoms with Gasteiger partial charge in [0.15, 0.2) is 0 Å². The minimum Gasteiger partial charge on any atom is -0.399 e. The van der Waals surface area contributed by atoms with E-state index in [9.17, 15) is 4.79 Å². The lowest BCUT2D eigenvalue weighted by Crippen LogP contribution is -2.46. The molecule has 0 aromatic heterocycles. The molecule has 1 atom stereocenters. The number of nitrogens with zero attached hydrogens (tertiary/aromatic N) is 1. The van der Waals surface area contributed by atoms with Gasteiger partial charge in [0.1, 0.15) is 6.04 Å². The standard InChI is InChI=1S/C16H27N3O/c1-5-9-19(15-8-6-7-14(17)10-15)13(4)16(20)18-11-12(2)3/h6-8,10,12-13H,5,9,11,17H2,1-4H3,(H,18,20). The van der Waals surface area contributed by atoms with Gasteiger partial charge in [0.05, 0.1) is 0 Å². The van der Waals surface area contributed by atoms with Gasteiger partial charge in [-0.2, -0.15) is 0 Å². The number of hydrogen-bond acceptors (Lipinski definition) is 3. The first kappa shape index (κ1) is 16.3. The van der Waals surface area contributed by atoms with Gasteiger partial charge in [-0.25, -0.2) is 0 Å². The Labute approximate surface area is 122 Å². The van der Waals surface area contributed by atoms with Crippen LogP contribution in [0.4, 0.5) is 11.4 Å². The van der Waals surface area contributed by atoms with Crippen molar-refractivity contribution in [3.8, 4) is 0 Å². The van der Waals surface area contributed by atoms with Crippen molar-refractivity contribution in [2.24, 2.45) is 5.92 Å². The molecule has 1 rings (SSSR count). The number of benzene rings is 1. The predicted octanol–water partition coefficient (Wildman–Crippen LogP) is 2.65. The lowest BCUT2D eigenvalue weighted by atomic mass is 10.1. The van der Waals surface area contributed by atoms with E-state index < -0.39 is 0 Å². The van der Waals surface area contributed by atoms with Crippen molar-refractivity contribution >= 4 is 17.3 Å². The Hall–Kier alpha value is -1.71. The number of amides is 1. The Morgan fingerprint density at radius 1 is 1.35 bits per heavy atom. The highest BCUT2D eigenvalue weighted by Gasteiger charge is 2.21. The summed E-state index contributed by atoms with van der Waals surface area (Å²) >= 11 is 0. The minimum atomic E-state index is -0.199. The van der Waals surface area contributed by atoms with E-state index in [2.05, 4.69) is 31.0 Å². The van der Waals surface area contributed by atoms with Crippen LogP contribution < -0.4 is 16.0 Å². The fourth-order valence-corrected chi connectivity index (χ4v) is 2.08. The second-order valence-corrected chi connectivity index (χ2v) is 5.60. The van der Waals surface area contributed by atoms with Crippen LogP contribution in [0.1, 0.15) is 34.1 Å². The summed E-state index contributed by atoms with van der Waals surface area (Å²) < 4.78 is 0. The van der Waals surface area contributed by atoms with Gasteiger partial charge < -0.3 is 16.0 Å². The second-order valence-electron chi connectivity index (χ2n) is 5.60. The fourth-order valence-electron chi connectivity index (χ4n) is 2.08. The van der Waals surface area contributed by atoms with Gasteiger partial charge in [-0.1, -0.05) is 26.8 Å². The first-order chi connectivity index (χ1) is 9.45. The molecule has 1 amide bonds. The van der Waals surface area contributed by atoms with Gasteiger partial charge in [0.25, 0.3) is 0 Å². The molecule has 0 saturated heterocycles. The molecular formula is C16H27N3O. The largest absolute Gasteiger partial charge is 0.399 e. The molecule has 0 aliphatic carbocycles. The van der Waals surface area contributed by atoms with Crippen LogP contribution in [-0.2, 0) is 4.79 Å². The Morgan fingerprint density at radius 2 is 2.05 bits per heavy atom. The van der Waals surface area contributed by atoms with Crippen LogP contribution in [0.15, 0.2) is 24.3 Å². The van der Waals surface area contributed by atoms with Crippen LogP contribution in [0.25, 0.3) is 0 Å². The molecule has 0 heterocycles. The van der Waals surface area contributed by atoms with E-state index in [1.165, 1.54) is 0 Å². The molecular weight excluding hydrogens is 250 g/mol. The molecule has 112 valence electrons. The quantitative estimate of drug-likeness (QED) is 0.753. The van der Waals surface area contributed by atoms with Crippen molar-refractivity contribution in [3.05, 3.63) is 24.3 Å². The van der Waals surface area contributed by atoms with Gasteiger partial charge in [-0.3, -0.25) is 4.79 Å². The van der Waals surface area contributed by atoms with E-state index in [0.29, 0.717) is 12.5 Å². The molecule has 0 spiro atoms. The van der Waals surface area contributed by atoms with Crippen molar-refractivity contribution < 1.29 is 4.79 Å². The first-order valence-electron chi connectivity index (χ1n) is 7.35. The van der Waals surface area contributed by atoms with Crippen LogP contribution in [0.2, 0.25) is 0 Å². The maximum Gasteiger partial charge on any atom is 0.242 e. The number of nitrogens with two attached hydrogens (primary N) is 1. The van der Waals surface area contributed by atoms with Gasteiger partial charge >= 0.3 is 0 Å². The average molecular weight is 277 g/mol. The van der Waals surface area contributed by atoms with E-state index in [1.807, 2.05) is 31.2 Å². The summed E-state index contributed by atoms with van der Waals surface area (Å²) in [5.74, 6) is 0.521. The molecule has 4 heteroatoms. The van der Waals surface area contributed by atoms with Crippen LogP contribution in [-0.4, -0.2) is 25.0 Å². The molecule has 3 N–H and O–H groups in total. The number of anilines is 2. The Bertz CT molecular complexity index is 431. The van der Waals surface area contributed by atoms with E-state index in [0.717, 1.165) is 24.3 Å². The highest BCUT2D eigenvalue weighted by atomic mass is 16.2. The Morgan fingerprint density at radius 3 is 2.60 bits per heavy atom. The van der Waals surface area contributed by atoms with Crippen molar-refractivity contribution in [1.82, 2.24) is 5.32 Å². The maximum atomic E-state index is 12.2. The monoisotopic (exact) mass is 277 g/mol. The third-order valence-corrected chi connectivity index (χ3v) is 3.20. The molecule has 0 radical (unpaired) electrons. The molecule has 0 fully saturated rings. The highest BCUT2D eigenvalue weighted by molar-refractivity contribution is 5.85. The van der Waals surface area contributed by atoms with Crippen molar-refractivity contribution in [2.45, 2.75) is 40.2 Å². The third kappa shape index (κ3) is 4.76. The molecule has 0 aliphatic rings. The summed E-state index contributed by atoms with van der Waals surface area (Å²) in [4.78, 5) is 14.3. The lowest BCUT2D eigenvalue weighted by Gasteiger charge is -2.30. The van der Waals surface area contributed by atoms with Crippen LogP contribution in [0.3, 0.4) is 0 Å². The Kier molecular flexibility index (Phi) is 6.36. The first-order valence-corrected chi connectivity index (χ1v) is 7.35. The SMILES string of the molecule is CCCN(c1cccc(N)c1)C(C)C(=O)NCC(C)C. The summed E-state index contributed by atoms with van der Waals surface area (Å²) in [5, 5.41) is 2.99. The number of carbonyl (C=O) groups excluding carboxylic acids is 1. The van der Waals surface area contributed by atoms with Crippen LogP contribution in [0, 0.1) is 5.92 Å². The highest BCUT2D eigenvalue weighted by Crippen LogP contribution is 2.20. The van der Waals surface area contributed by atoms with Gasteiger partial charge in [0, 0.05) is 24.5 Å². The summed E-state index contributed by atoms with van der Waals surface area (Å²) in [6.45, 7) is 9.77. The molecule has 1 unspecified atom stereocenters. The van der Waals surface area contributed by atoms with Crippen LogP contribution in [0.5, 0.6) is 0 Å². The molecule has 4 nitrogen and oxygen atoms in total. The normalized spacial score (nSPS) is 12.2. The predicted molar refractivity (Wildman–Crippen MR) is 85.8 cm³/mol. The molecule has 1 aromatic carbocycles. The molecule has 0 saturated carbocycles. The number of rotatable bonds is 7.